The first-order valence-corrected chi connectivity index (χ1v) is 18.9. The van der Waals surface area contributed by atoms with Gasteiger partial charge in [-0.2, -0.15) is 0 Å². The third kappa shape index (κ3) is 8.68. The molecule has 1 saturated heterocycles. The third-order valence-electron chi connectivity index (χ3n) is 9.05. The van der Waals surface area contributed by atoms with Crippen molar-refractivity contribution in [1.82, 2.24) is 14.2 Å². The van der Waals surface area contributed by atoms with Crippen molar-refractivity contribution in [3.05, 3.63) is 128 Å². The second kappa shape index (κ2) is 17.3. The van der Waals surface area contributed by atoms with Crippen LogP contribution in [-0.2, 0) is 24.1 Å². The molecule has 12 heteroatoms. The van der Waals surface area contributed by atoms with Crippen molar-refractivity contribution in [2.75, 3.05) is 20.8 Å². The van der Waals surface area contributed by atoms with Gasteiger partial charge in [0.25, 0.3) is 14.1 Å². The van der Waals surface area contributed by atoms with Crippen LogP contribution in [0.5, 0.6) is 11.5 Å². The number of aryl methyl sites for hydroxylation is 1. The quantitative estimate of drug-likeness (QED) is 0.0936. The summed E-state index contributed by atoms with van der Waals surface area (Å²) in [6.45, 7) is 14.2. The Labute approximate surface area is 307 Å². The van der Waals surface area contributed by atoms with E-state index in [1.807, 2.05) is 92.7 Å². The van der Waals surface area contributed by atoms with Crippen molar-refractivity contribution in [3.63, 3.8) is 0 Å². The highest BCUT2D eigenvalue weighted by Gasteiger charge is 2.45. The van der Waals surface area contributed by atoms with E-state index in [2.05, 4.69) is 37.3 Å². The zero-order valence-electron chi connectivity index (χ0n) is 31.6. The summed E-state index contributed by atoms with van der Waals surface area (Å²) in [7, 11) is 1.73. The maximum absolute atomic E-state index is 13.1. The second-order valence-corrected chi connectivity index (χ2v) is 15.1. The molecule has 0 radical (unpaired) electrons. The van der Waals surface area contributed by atoms with Crippen molar-refractivity contribution in [2.45, 2.75) is 97.1 Å². The van der Waals surface area contributed by atoms with Gasteiger partial charge in [-0.1, -0.05) is 54.6 Å². The van der Waals surface area contributed by atoms with Crippen LogP contribution >= 0.6 is 8.53 Å². The maximum Gasteiger partial charge on any atom is 0.330 e. The Balaban J connectivity index is 1.61. The van der Waals surface area contributed by atoms with Gasteiger partial charge in [-0.05, 0) is 89.4 Å². The smallest absolute Gasteiger partial charge is 0.330 e. The molecule has 1 aliphatic heterocycles. The molecule has 5 rings (SSSR count). The predicted molar refractivity (Wildman–Crippen MR) is 203 cm³/mol. The standard InChI is InChI=1S/C40H52N3O8P/c1-26(2)43(27(3)4)52(50-28(5)6)51-35-23-37(42-24-29(7)38(44)41-39(42)45)49-36(35)25-48-40(30-13-11-10-12-14-30,31-15-19-33(46-8)20-16-31)32-17-21-34(47-9)22-18-32/h10-22,24,26-28,35-37H,23,25H2,1-9H3,(H,41,44,45)/t35-,36+,37+,52?/m0/s1. The molecule has 4 aromatic rings. The molecule has 3 aromatic carbocycles. The second-order valence-electron chi connectivity index (χ2n) is 13.8. The van der Waals surface area contributed by atoms with Crippen LogP contribution in [0.1, 0.15) is 76.4 Å². The number of nitrogens with zero attached hydrogens (tertiary/aromatic N) is 2. The summed E-state index contributed by atoms with van der Waals surface area (Å²) >= 11 is 0. The van der Waals surface area contributed by atoms with Crippen molar-refractivity contribution >= 4 is 8.53 Å². The summed E-state index contributed by atoms with van der Waals surface area (Å²) in [5.41, 5.74) is 0.970. The lowest BCUT2D eigenvalue weighted by Crippen LogP contribution is -2.40. The summed E-state index contributed by atoms with van der Waals surface area (Å²) in [4.78, 5) is 27.8. The molecule has 0 aliphatic carbocycles. The molecule has 0 saturated carbocycles. The minimum atomic E-state index is -1.54. The zero-order valence-corrected chi connectivity index (χ0v) is 32.5. The van der Waals surface area contributed by atoms with Gasteiger partial charge in [-0.3, -0.25) is 14.3 Å². The van der Waals surface area contributed by atoms with Crippen LogP contribution in [0.25, 0.3) is 0 Å². The number of ether oxygens (including phenoxy) is 4. The van der Waals surface area contributed by atoms with Crippen LogP contribution in [0, 0.1) is 6.92 Å². The molecule has 0 amide bonds. The number of benzene rings is 3. The third-order valence-corrected chi connectivity index (χ3v) is 11.4. The van der Waals surface area contributed by atoms with E-state index in [-0.39, 0.29) is 24.8 Å². The number of methoxy groups -OCH3 is 2. The molecule has 280 valence electrons. The first-order chi connectivity index (χ1) is 24.9. The van der Waals surface area contributed by atoms with E-state index in [9.17, 15) is 9.59 Å². The lowest BCUT2D eigenvalue weighted by Gasteiger charge is -2.39. The highest BCUT2D eigenvalue weighted by molar-refractivity contribution is 7.44. The average Bonchev–Trinajstić information content (AvgIpc) is 3.52. The monoisotopic (exact) mass is 733 g/mol. The lowest BCUT2D eigenvalue weighted by atomic mass is 9.80. The maximum atomic E-state index is 13.1. The number of hydrogen-bond donors (Lipinski definition) is 1. The van der Waals surface area contributed by atoms with Crippen LogP contribution in [0.15, 0.2) is 94.6 Å². The number of aromatic amines is 1. The summed E-state index contributed by atoms with van der Waals surface area (Å²) in [5, 5.41) is 0. The molecule has 2 heterocycles. The fourth-order valence-electron chi connectivity index (χ4n) is 6.62. The Morgan fingerprint density at radius 1 is 0.846 bits per heavy atom. The Bertz CT molecular complexity index is 1790. The first kappa shape index (κ1) is 39.4. The molecule has 4 atom stereocenters. The van der Waals surface area contributed by atoms with E-state index in [0.29, 0.717) is 12.0 Å². The lowest BCUT2D eigenvalue weighted by molar-refractivity contribution is -0.0928. The van der Waals surface area contributed by atoms with Crippen molar-refractivity contribution < 1.29 is 28.0 Å². The predicted octanol–water partition coefficient (Wildman–Crippen LogP) is 7.31. The first-order valence-electron chi connectivity index (χ1n) is 17.8. The van der Waals surface area contributed by atoms with Gasteiger partial charge in [0.2, 0.25) is 0 Å². The molecular weight excluding hydrogens is 681 g/mol. The summed E-state index contributed by atoms with van der Waals surface area (Å²) in [6.07, 6.45) is -0.124. The molecule has 11 nitrogen and oxygen atoms in total. The molecular formula is C40H52N3O8P. The average molecular weight is 734 g/mol. The molecule has 1 aromatic heterocycles. The fourth-order valence-corrected chi connectivity index (χ4v) is 8.45. The van der Waals surface area contributed by atoms with Gasteiger partial charge in [0, 0.05) is 30.3 Å². The molecule has 52 heavy (non-hydrogen) atoms. The fraction of sp³-hybridized carbons (Fsp3) is 0.450. The largest absolute Gasteiger partial charge is 0.497 e. The van der Waals surface area contributed by atoms with Crippen LogP contribution in [-0.4, -0.2) is 65.4 Å². The molecule has 1 unspecified atom stereocenters. The minimum absolute atomic E-state index is 0.0828. The number of rotatable bonds is 16. The van der Waals surface area contributed by atoms with Gasteiger partial charge in [0.05, 0.1) is 33.0 Å². The van der Waals surface area contributed by atoms with Crippen LogP contribution < -0.4 is 20.7 Å². The molecule has 1 fully saturated rings. The molecule has 0 bridgehead atoms. The Kier molecular flexibility index (Phi) is 13.1. The Hall–Kier alpha value is -3.83. The Morgan fingerprint density at radius 3 is 1.88 bits per heavy atom. The topological polar surface area (TPSA) is 113 Å². The van der Waals surface area contributed by atoms with Crippen LogP contribution in [0.4, 0.5) is 0 Å². The van der Waals surface area contributed by atoms with Gasteiger partial charge in [0.1, 0.15) is 29.4 Å². The summed E-state index contributed by atoms with van der Waals surface area (Å²) in [6, 6.07) is 26.0. The number of nitrogens with one attached hydrogen (secondary N) is 1. The molecule has 1 aliphatic rings. The number of aromatic nitrogens is 2. The highest BCUT2D eigenvalue weighted by atomic mass is 31.2. The van der Waals surface area contributed by atoms with Gasteiger partial charge in [-0.25, -0.2) is 9.46 Å². The van der Waals surface area contributed by atoms with Gasteiger partial charge < -0.3 is 28.0 Å². The van der Waals surface area contributed by atoms with Crippen LogP contribution in [0.2, 0.25) is 0 Å². The number of H-pyrrole nitrogens is 1. The van der Waals surface area contributed by atoms with Crippen molar-refractivity contribution in [3.8, 4) is 11.5 Å². The van der Waals surface area contributed by atoms with E-state index < -0.39 is 43.8 Å². The SMILES string of the molecule is COc1ccc(C(OC[C@H]2O[C@@H](n3cc(C)c(=O)[nH]c3=O)C[C@@H]2OP(OC(C)C)N(C(C)C)C(C)C)(c2ccccc2)c2ccc(OC)cc2)cc1. The Morgan fingerprint density at radius 2 is 1.38 bits per heavy atom. The summed E-state index contributed by atoms with van der Waals surface area (Å²) in [5.74, 6) is 1.44. The van der Waals surface area contributed by atoms with E-state index in [1.165, 1.54) is 10.8 Å². The van der Waals surface area contributed by atoms with Crippen LogP contribution in [0.3, 0.4) is 0 Å². The minimum Gasteiger partial charge on any atom is -0.497 e. The molecule has 0 spiro atoms. The summed E-state index contributed by atoms with van der Waals surface area (Å²) < 4.78 is 42.1. The normalized spacial score (nSPS) is 18.4. The van der Waals surface area contributed by atoms with E-state index in [1.54, 1.807) is 21.1 Å². The van der Waals surface area contributed by atoms with E-state index in [0.717, 1.165) is 28.2 Å². The van der Waals surface area contributed by atoms with Crippen molar-refractivity contribution in [1.29, 1.82) is 0 Å². The van der Waals surface area contributed by atoms with E-state index in [4.69, 9.17) is 28.0 Å². The number of hydrogen-bond acceptors (Lipinski definition) is 9. The van der Waals surface area contributed by atoms with E-state index >= 15 is 0 Å². The zero-order chi connectivity index (χ0) is 37.6. The van der Waals surface area contributed by atoms with Gasteiger partial charge in [0.15, 0.2) is 0 Å². The molecule has 1 N–H and O–H groups in total. The highest BCUT2D eigenvalue weighted by Crippen LogP contribution is 2.51. The van der Waals surface area contributed by atoms with Gasteiger partial charge >= 0.3 is 5.69 Å². The van der Waals surface area contributed by atoms with Crippen molar-refractivity contribution in [2.24, 2.45) is 0 Å². The van der Waals surface area contributed by atoms with Gasteiger partial charge in [-0.15, -0.1) is 0 Å².